The van der Waals surface area contributed by atoms with Gasteiger partial charge in [-0.1, -0.05) is 12.1 Å². The summed E-state index contributed by atoms with van der Waals surface area (Å²) < 4.78 is 83.9. The molecule has 1 aliphatic heterocycles. The number of aryl methyl sites for hydroxylation is 1. The van der Waals surface area contributed by atoms with Crippen LogP contribution in [0.4, 0.5) is 30.7 Å². The number of aliphatic carboxylic acids is 2. The van der Waals surface area contributed by atoms with Crippen molar-refractivity contribution in [3.05, 3.63) is 53.1 Å². The van der Waals surface area contributed by atoms with Crippen molar-refractivity contribution in [1.29, 1.82) is 0 Å². The third-order valence-corrected chi connectivity index (χ3v) is 3.99. The van der Waals surface area contributed by atoms with Gasteiger partial charge in [0.15, 0.2) is 0 Å². The Labute approximate surface area is 187 Å². The quantitative estimate of drug-likeness (QED) is 0.549. The molecule has 1 atom stereocenters. The van der Waals surface area contributed by atoms with E-state index in [0.29, 0.717) is 13.1 Å². The van der Waals surface area contributed by atoms with Gasteiger partial charge >= 0.3 is 24.3 Å². The first-order chi connectivity index (χ1) is 15.6. The van der Waals surface area contributed by atoms with Gasteiger partial charge in [-0.25, -0.2) is 14.0 Å². The highest BCUT2D eigenvalue weighted by molar-refractivity contribution is 5.73. The van der Waals surface area contributed by atoms with Crippen molar-refractivity contribution in [3.63, 3.8) is 0 Å². The lowest BCUT2D eigenvalue weighted by Gasteiger charge is -2.22. The molecule has 0 radical (unpaired) electrons. The number of carbonyl (C=O) groups is 2. The van der Waals surface area contributed by atoms with Crippen LogP contribution in [0.25, 0.3) is 0 Å². The third-order valence-electron chi connectivity index (χ3n) is 3.99. The van der Waals surface area contributed by atoms with Gasteiger partial charge in [-0.05, 0) is 29.7 Å². The second-order valence-electron chi connectivity index (χ2n) is 6.69. The number of nitrogens with one attached hydrogen (secondary N) is 1. The van der Waals surface area contributed by atoms with Gasteiger partial charge in [-0.15, -0.1) is 0 Å². The second kappa shape index (κ2) is 12.3. The number of rotatable bonds is 4. The van der Waals surface area contributed by atoms with Gasteiger partial charge in [-0.3, -0.25) is 4.68 Å². The highest BCUT2D eigenvalue weighted by Crippen LogP contribution is 2.24. The van der Waals surface area contributed by atoms with Gasteiger partial charge in [0.25, 0.3) is 0 Å². The van der Waals surface area contributed by atoms with Gasteiger partial charge in [0.05, 0.1) is 12.3 Å². The van der Waals surface area contributed by atoms with Crippen LogP contribution in [0.5, 0.6) is 0 Å². The molecular formula is C19H20F7N3O5. The Morgan fingerprint density at radius 3 is 2.06 bits per heavy atom. The summed E-state index contributed by atoms with van der Waals surface area (Å²) in [6.45, 7) is 2.14. The Morgan fingerprint density at radius 2 is 1.59 bits per heavy atom. The molecule has 0 saturated carbocycles. The SMILES string of the molecule is Cn1cc2c(n1)C(CNCc1ccc(F)cc1)OCC2.O=C(O)C(F)(F)F.O=C(O)C(F)(F)F. The van der Waals surface area contributed by atoms with Crippen LogP contribution in [-0.4, -0.2) is 57.4 Å². The Bertz CT molecular complexity index is 919. The number of fused-ring (bicyclic) bond motifs is 1. The number of carboxylic acid groups (broad SMARTS) is 2. The number of benzene rings is 1. The molecule has 190 valence electrons. The largest absolute Gasteiger partial charge is 0.490 e. The van der Waals surface area contributed by atoms with Gasteiger partial charge in [0, 0.05) is 26.3 Å². The summed E-state index contributed by atoms with van der Waals surface area (Å²) >= 11 is 0. The van der Waals surface area contributed by atoms with Crippen LogP contribution in [0.15, 0.2) is 30.5 Å². The summed E-state index contributed by atoms with van der Waals surface area (Å²) in [6.07, 6.45) is -7.18. The maximum atomic E-state index is 12.8. The van der Waals surface area contributed by atoms with Crippen LogP contribution in [0.1, 0.15) is 22.9 Å². The monoisotopic (exact) mass is 503 g/mol. The topological polar surface area (TPSA) is 114 Å². The number of alkyl halides is 6. The molecule has 15 heteroatoms. The van der Waals surface area contributed by atoms with Crippen molar-refractivity contribution in [3.8, 4) is 0 Å². The summed E-state index contributed by atoms with van der Waals surface area (Å²) in [4.78, 5) is 17.8. The van der Waals surface area contributed by atoms with Gasteiger partial charge in [0.2, 0.25) is 0 Å². The molecule has 0 aliphatic carbocycles. The van der Waals surface area contributed by atoms with E-state index in [1.807, 2.05) is 11.7 Å². The predicted octanol–water partition coefficient (Wildman–Crippen LogP) is 3.23. The molecule has 0 amide bonds. The zero-order chi connectivity index (χ0) is 26.1. The lowest BCUT2D eigenvalue weighted by molar-refractivity contribution is -0.193. The van der Waals surface area contributed by atoms with E-state index in [-0.39, 0.29) is 11.9 Å². The zero-order valence-electron chi connectivity index (χ0n) is 17.5. The number of halogens is 7. The Hall–Kier alpha value is -3.20. The van der Waals surface area contributed by atoms with E-state index in [0.717, 1.165) is 24.3 Å². The lowest BCUT2D eigenvalue weighted by atomic mass is 10.1. The molecule has 1 aromatic heterocycles. The fourth-order valence-electron chi connectivity index (χ4n) is 2.51. The number of hydrogen-bond donors (Lipinski definition) is 3. The van der Waals surface area contributed by atoms with Crippen LogP contribution in [0.3, 0.4) is 0 Å². The average Bonchev–Trinajstić information content (AvgIpc) is 3.10. The van der Waals surface area contributed by atoms with E-state index in [9.17, 15) is 30.7 Å². The molecule has 8 nitrogen and oxygen atoms in total. The molecule has 1 aromatic carbocycles. The molecule has 1 aliphatic rings. The predicted molar refractivity (Wildman–Crippen MR) is 101 cm³/mol. The van der Waals surface area contributed by atoms with E-state index in [2.05, 4.69) is 16.6 Å². The van der Waals surface area contributed by atoms with Gasteiger partial charge < -0.3 is 20.3 Å². The first-order valence-electron chi connectivity index (χ1n) is 9.30. The number of aromatic nitrogens is 2. The van der Waals surface area contributed by atoms with E-state index in [4.69, 9.17) is 24.5 Å². The Kier molecular flexibility index (Phi) is 10.4. The summed E-state index contributed by atoms with van der Waals surface area (Å²) in [5, 5.41) is 22.1. The molecule has 2 heterocycles. The first kappa shape index (κ1) is 28.8. The molecular weight excluding hydrogens is 483 g/mol. The van der Waals surface area contributed by atoms with Crippen LogP contribution < -0.4 is 5.32 Å². The van der Waals surface area contributed by atoms with Crippen molar-refractivity contribution >= 4 is 11.9 Å². The molecule has 0 spiro atoms. The smallest absolute Gasteiger partial charge is 0.475 e. The van der Waals surface area contributed by atoms with E-state index >= 15 is 0 Å². The summed E-state index contributed by atoms with van der Waals surface area (Å²) in [5.74, 6) is -5.72. The van der Waals surface area contributed by atoms with E-state index < -0.39 is 24.3 Å². The minimum absolute atomic E-state index is 0.000369. The summed E-state index contributed by atoms with van der Waals surface area (Å²) in [7, 11) is 1.93. The molecule has 3 rings (SSSR count). The normalized spacial score (nSPS) is 15.2. The van der Waals surface area contributed by atoms with Crippen LogP contribution >= 0.6 is 0 Å². The standard InChI is InChI=1S/C15H18FN3O.2C2HF3O2/c1-19-10-12-6-7-20-14(15(12)18-19)9-17-8-11-2-4-13(16)5-3-11;2*3-2(4,5)1(6)7/h2-5,10,14,17H,6-9H2,1H3;2*(H,6,7). The van der Waals surface area contributed by atoms with Gasteiger partial charge in [0.1, 0.15) is 11.9 Å². The van der Waals surface area contributed by atoms with E-state index in [1.165, 1.54) is 17.7 Å². The number of hydrogen-bond acceptors (Lipinski definition) is 5. The molecule has 2 aromatic rings. The molecule has 34 heavy (non-hydrogen) atoms. The Morgan fingerprint density at radius 1 is 1.09 bits per heavy atom. The highest BCUT2D eigenvalue weighted by Gasteiger charge is 2.38. The van der Waals surface area contributed by atoms with Crippen LogP contribution in [0.2, 0.25) is 0 Å². The summed E-state index contributed by atoms with van der Waals surface area (Å²) in [5.41, 5.74) is 3.36. The zero-order valence-corrected chi connectivity index (χ0v) is 17.5. The van der Waals surface area contributed by atoms with Crippen molar-refractivity contribution in [2.45, 2.75) is 31.4 Å². The van der Waals surface area contributed by atoms with E-state index in [1.54, 1.807) is 12.1 Å². The third kappa shape index (κ3) is 10.2. The van der Waals surface area contributed by atoms with Crippen molar-refractivity contribution < 1.29 is 55.3 Å². The van der Waals surface area contributed by atoms with Crippen LogP contribution in [-0.2, 0) is 34.3 Å². The van der Waals surface area contributed by atoms with Crippen molar-refractivity contribution in [2.75, 3.05) is 13.2 Å². The molecule has 1 unspecified atom stereocenters. The fraction of sp³-hybridized carbons (Fsp3) is 0.421. The van der Waals surface area contributed by atoms with Gasteiger partial charge in [-0.2, -0.15) is 31.4 Å². The summed E-state index contributed by atoms with van der Waals surface area (Å²) in [6, 6.07) is 6.53. The lowest BCUT2D eigenvalue weighted by Crippen LogP contribution is -2.27. The fourth-order valence-corrected chi connectivity index (χ4v) is 2.51. The second-order valence-corrected chi connectivity index (χ2v) is 6.69. The number of nitrogens with zero attached hydrogens (tertiary/aromatic N) is 2. The number of carboxylic acids is 2. The minimum Gasteiger partial charge on any atom is -0.475 e. The highest BCUT2D eigenvalue weighted by atomic mass is 19.4. The molecule has 0 fully saturated rings. The first-order valence-corrected chi connectivity index (χ1v) is 9.30. The maximum Gasteiger partial charge on any atom is 0.490 e. The minimum atomic E-state index is -5.08. The van der Waals surface area contributed by atoms with Crippen molar-refractivity contribution in [1.82, 2.24) is 15.1 Å². The molecule has 3 N–H and O–H groups in total. The number of ether oxygens (including phenoxy) is 1. The molecule has 0 saturated heterocycles. The average molecular weight is 503 g/mol. The van der Waals surface area contributed by atoms with Crippen LogP contribution in [0, 0.1) is 5.82 Å². The Balaban J connectivity index is 0.000000343. The maximum absolute atomic E-state index is 12.8. The molecule has 0 bridgehead atoms. The van der Waals surface area contributed by atoms with Crippen molar-refractivity contribution in [2.24, 2.45) is 7.05 Å².